The molecule has 5 heteroatoms. The van der Waals surface area contributed by atoms with E-state index < -0.39 is 0 Å². The minimum absolute atomic E-state index is 0.589. The molecule has 0 saturated carbocycles. The van der Waals surface area contributed by atoms with Crippen molar-refractivity contribution < 1.29 is 0 Å². The molecule has 2 atom stereocenters. The molecule has 4 rings (SSSR count). The molecule has 3 N–H and O–H groups in total. The smallest absolute Gasteiger partial charge is 0.145 e. The third-order valence-corrected chi connectivity index (χ3v) is 4.51. The molecular weight excluding hydrogens is 250 g/mol. The van der Waals surface area contributed by atoms with Crippen LogP contribution in [-0.4, -0.2) is 41.0 Å². The molecule has 1 aromatic heterocycles. The van der Waals surface area contributed by atoms with E-state index in [9.17, 15) is 0 Å². The fourth-order valence-electron chi connectivity index (χ4n) is 3.50. The van der Waals surface area contributed by atoms with E-state index in [1.807, 2.05) is 24.3 Å². The zero-order chi connectivity index (χ0) is 13.5. The Hall–Kier alpha value is -1.72. The highest BCUT2D eigenvalue weighted by atomic mass is 15.2. The van der Waals surface area contributed by atoms with Gasteiger partial charge in [0.1, 0.15) is 11.6 Å². The van der Waals surface area contributed by atoms with Crippen molar-refractivity contribution >= 4 is 16.7 Å². The van der Waals surface area contributed by atoms with E-state index in [0.717, 1.165) is 61.3 Å². The highest BCUT2D eigenvalue weighted by molar-refractivity contribution is 5.87. The summed E-state index contributed by atoms with van der Waals surface area (Å²) in [6.07, 6.45) is 0. The number of fused-ring (bicyclic) bond motifs is 2. The Bertz CT molecular complexity index is 629. The first kappa shape index (κ1) is 12.1. The summed E-state index contributed by atoms with van der Waals surface area (Å²) in [5.41, 5.74) is 6.98. The monoisotopic (exact) mass is 269 g/mol. The molecule has 0 spiro atoms. The van der Waals surface area contributed by atoms with Gasteiger partial charge in [-0.1, -0.05) is 12.1 Å². The summed E-state index contributed by atoms with van der Waals surface area (Å²) in [4.78, 5) is 11.6. The predicted octanol–water partition coefficient (Wildman–Crippen LogP) is 0.863. The molecule has 20 heavy (non-hydrogen) atoms. The van der Waals surface area contributed by atoms with Crippen LogP contribution in [0.25, 0.3) is 10.9 Å². The van der Waals surface area contributed by atoms with Crippen molar-refractivity contribution in [1.82, 2.24) is 20.2 Å². The molecule has 104 valence electrons. The second-order valence-electron chi connectivity index (χ2n) is 5.91. The maximum Gasteiger partial charge on any atom is 0.145 e. The van der Waals surface area contributed by atoms with Crippen LogP contribution in [0, 0.1) is 11.8 Å². The van der Waals surface area contributed by atoms with Gasteiger partial charge in [0.25, 0.3) is 0 Å². The number of hydrogen-bond acceptors (Lipinski definition) is 5. The fourth-order valence-corrected chi connectivity index (χ4v) is 3.50. The first-order valence-corrected chi connectivity index (χ1v) is 7.24. The van der Waals surface area contributed by atoms with Gasteiger partial charge in [-0.2, -0.15) is 0 Å². The number of nitrogens with one attached hydrogen (secondary N) is 1. The number of benzene rings is 1. The summed E-state index contributed by atoms with van der Waals surface area (Å²) >= 11 is 0. The number of rotatable bonds is 2. The zero-order valence-corrected chi connectivity index (χ0v) is 11.4. The van der Waals surface area contributed by atoms with Crippen LogP contribution in [0.3, 0.4) is 0 Å². The lowest BCUT2D eigenvalue weighted by molar-refractivity contribution is 0.298. The van der Waals surface area contributed by atoms with Gasteiger partial charge in [-0.25, -0.2) is 9.97 Å². The Morgan fingerprint density at radius 2 is 1.90 bits per heavy atom. The predicted molar refractivity (Wildman–Crippen MR) is 79.1 cm³/mol. The molecule has 2 fully saturated rings. The SMILES string of the molecule is Nc1nc(CN2CC3CNCC3C2)nc2ccccc12. The van der Waals surface area contributed by atoms with Crippen LogP contribution in [0.2, 0.25) is 0 Å². The molecule has 1 aromatic carbocycles. The third-order valence-electron chi connectivity index (χ3n) is 4.51. The van der Waals surface area contributed by atoms with Crippen molar-refractivity contribution in [3.05, 3.63) is 30.1 Å². The maximum absolute atomic E-state index is 6.04. The van der Waals surface area contributed by atoms with Crippen LogP contribution in [0.4, 0.5) is 5.82 Å². The van der Waals surface area contributed by atoms with E-state index in [2.05, 4.69) is 20.2 Å². The van der Waals surface area contributed by atoms with Crippen molar-refractivity contribution in [2.45, 2.75) is 6.54 Å². The number of anilines is 1. The van der Waals surface area contributed by atoms with Gasteiger partial charge in [-0.15, -0.1) is 0 Å². The third kappa shape index (κ3) is 2.03. The van der Waals surface area contributed by atoms with Crippen molar-refractivity contribution in [3.63, 3.8) is 0 Å². The topological polar surface area (TPSA) is 67.1 Å². The van der Waals surface area contributed by atoms with E-state index in [0.29, 0.717) is 5.82 Å². The lowest BCUT2D eigenvalue weighted by atomic mass is 10.0. The van der Waals surface area contributed by atoms with Crippen LogP contribution in [0.1, 0.15) is 5.82 Å². The van der Waals surface area contributed by atoms with Crippen LogP contribution in [0.5, 0.6) is 0 Å². The van der Waals surface area contributed by atoms with Crippen LogP contribution >= 0.6 is 0 Å². The van der Waals surface area contributed by atoms with Crippen LogP contribution in [0.15, 0.2) is 24.3 Å². The molecule has 3 heterocycles. The van der Waals surface area contributed by atoms with Crippen LogP contribution in [-0.2, 0) is 6.54 Å². The average Bonchev–Trinajstić information content (AvgIpc) is 2.99. The molecular formula is C15H19N5. The number of aromatic nitrogens is 2. The second kappa shape index (κ2) is 4.68. The number of likely N-dealkylation sites (tertiary alicyclic amines) is 1. The van der Waals surface area contributed by atoms with E-state index in [1.165, 1.54) is 0 Å². The van der Waals surface area contributed by atoms with Gasteiger partial charge in [0.05, 0.1) is 12.1 Å². The van der Waals surface area contributed by atoms with Crippen molar-refractivity contribution in [2.75, 3.05) is 31.9 Å². The minimum Gasteiger partial charge on any atom is -0.383 e. The molecule has 2 aliphatic heterocycles. The highest BCUT2D eigenvalue weighted by Crippen LogP contribution is 2.27. The Morgan fingerprint density at radius 3 is 2.70 bits per heavy atom. The first-order chi connectivity index (χ1) is 9.79. The molecule has 0 amide bonds. The number of para-hydroxylation sites is 1. The first-order valence-electron chi connectivity index (χ1n) is 7.24. The zero-order valence-electron chi connectivity index (χ0n) is 11.4. The van der Waals surface area contributed by atoms with E-state index >= 15 is 0 Å². The summed E-state index contributed by atoms with van der Waals surface area (Å²) in [6, 6.07) is 7.93. The number of nitrogen functional groups attached to an aromatic ring is 1. The normalized spacial score (nSPS) is 26.2. The Balaban J connectivity index is 1.57. The lowest BCUT2D eigenvalue weighted by Gasteiger charge is -2.16. The fraction of sp³-hybridized carbons (Fsp3) is 0.467. The van der Waals surface area contributed by atoms with Crippen molar-refractivity contribution in [1.29, 1.82) is 0 Å². The molecule has 2 saturated heterocycles. The van der Waals surface area contributed by atoms with Gasteiger partial charge >= 0.3 is 0 Å². The quantitative estimate of drug-likeness (QED) is 0.846. The Labute approximate surface area is 118 Å². The maximum atomic E-state index is 6.04. The molecule has 0 bridgehead atoms. The van der Waals surface area contributed by atoms with Crippen LogP contribution < -0.4 is 11.1 Å². The summed E-state index contributed by atoms with van der Waals surface area (Å²) in [6.45, 7) is 5.41. The van der Waals surface area contributed by atoms with Gasteiger partial charge in [0.15, 0.2) is 0 Å². The number of nitrogens with zero attached hydrogens (tertiary/aromatic N) is 3. The van der Waals surface area contributed by atoms with Gasteiger partial charge in [-0.05, 0) is 37.1 Å². The van der Waals surface area contributed by atoms with Crippen molar-refractivity contribution in [2.24, 2.45) is 11.8 Å². The standard InChI is InChI=1S/C15H19N5/c16-15-12-3-1-2-4-13(12)18-14(19-15)9-20-7-10-5-17-6-11(10)8-20/h1-4,10-11,17H,5-9H2,(H2,16,18,19). The van der Waals surface area contributed by atoms with Gasteiger partial charge in [0, 0.05) is 18.5 Å². The van der Waals surface area contributed by atoms with Gasteiger partial charge in [-0.3, -0.25) is 4.90 Å². The largest absolute Gasteiger partial charge is 0.383 e. The summed E-state index contributed by atoms with van der Waals surface area (Å²) < 4.78 is 0. The summed E-state index contributed by atoms with van der Waals surface area (Å²) in [7, 11) is 0. The van der Waals surface area contributed by atoms with E-state index in [1.54, 1.807) is 0 Å². The number of hydrogen-bond donors (Lipinski definition) is 2. The average molecular weight is 269 g/mol. The molecule has 2 aromatic rings. The molecule has 0 radical (unpaired) electrons. The van der Waals surface area contributed by atoms with Gasteiger partial charge in [0.2, 0.25) is 0 Å². The molecule has 5 nitrogen and oxygen atoms in total. The Kier molecular flexibility index (Phi) is 2.82. The molecule has 2 unspecified atom stereocenters. The molecule has 2 aliphatic rings. The van der Waals surface area contributed by atoms with E-state index in [-0.39, 0.29) is 0 Å². The van der Waals surface area contributed by atoms with E-state index in [4.69, 9.17) is 5.73 Å². The summed E-state index contributed by atoms with van der Waals surface area (Å²) in [5.74, 6) is 3.03. The molecule has 0 aliphatic carbocycles. The highest BCUT2D eigenvalue weighted by Gasteiger charge is 2.36. The lowest BCUT2D eigenvalue weighted by Crippen LogP contribution is -2.26. The van der Waals surface area contributed by atoms with Gasteiger partial charge < -0.3 is 11.1 Å². The Morgan fingerprint density at radius 1 is 1.15 bits per heavy atom. The van der Waals surface area contributed by atoms with Crippen molar-refractivity contribution in [3.8, 4) is 0 Å². The minimum atomic E-state index is 0.589. The summed E-state index contributed by atoms with van der Waals surface area (Å²) in [5, 5.41) is 4.41. The second-order valence-corrected chi connectivity index (χ2v) is 5.91. The number of nitrogens with two attached hydrogens (primary N) is 1.